The Morgan fingerprint density at radius 1 is 1.38 bits per heavy atom. The number of nitrogens with zero attached hydrogens (tertiary/aromatic N) is 3. The lowest BCUT2D eigenvalue weighted by atomic mass is 9.97. The molecule has 0 bridgehead atoms. The van der Waals surface area contributed by atoms with E-state index in [9.17, 15) is 4.79 Å². The summed E-state index contributed by atoms with van der Waals surface area (Å²) in [5, 5.41) is 4.67. The molecule has 4 rings (SSSR count). The number of pyridine rings is 1. The number of thiazole rings is 1. The molecule has 7 heteroatoms. The van der Waals surface area contributed by atoms with E-state index in [2.05, 4.69) is 20.2 Å². The first-order valence-electron chi connectivity index (χ1n) is 8.63. The van der Waals surface area contributed by atoms with Crippen molar-refractivity contribution in [3.05, 3.63) is 47.1 Å². The van der Waals surface area contributed by atoms with Crippen molar-refractivity contribution in [3.63, 3.8) is 0 Å². The number of piperidine rings is 1. The van der Waals surface area contributed by atoms with E-state index in [-0.39, 0.29) is 11.8 Å². The molecule has 1 N–H and O–H groups in total. The first-order valence-corrected chi connectivity index (χ1v) is 9.83. The van der Waals surface area contributed by atoms with E-state index >= 15 is 0 Å². The fourth-order valence-electron chi connectivity index (χ4n) is 3.26. The van der Waals surface area contributed by atoms with Gasteiger partial charge < -0.3 is 10.2 Å². The van der Waals surface area contributed by atoms with E-state index in [1.54, 1.807) is 23.6 Å². The molecule has 1 aliphatic heterocycles. The molecular formula is C19H19ClN4OS. The Kier molecular flexibility index (Phi) is 4.78. The number of aromatic nitrogens is 2. The van der Waals surface area contributed by atoms with E-state index in [0.717, 1.165) is 46.1 Å². The standard InChI is InChI=1S/C19H19ClN4OS/c1-12-10-14(20)6-7-15(12)22-17(25)13-4-3-9-24(11-13)19-23-16-5-2-8-21-18(16)26-19/h2,5-8,10,13H,3-4,9,11H2,1H3,(H,22,25)/t13-/m0/s1. The Labute approximate surface area is 161 Å². The molecular weight excluding hydrogens is 368 g/mol. The van der Waals surface area contributed by atoms with Crippen LogP contribution in [0.5, 0.6) is 0 Å². The third-order valence-corrected chi connectivity index (χ3v) is 5.94. The first-order chi connectivity index (χ1) is 12.6. The van der Waals surface area contributed by atoms with Crippen molar-refractivity contribution in [3.8, 4) is 0 Å². The predicted molar refractivity (Wildman–Crippen MR) is 107 cm³/mol. The fraction of sp³-hybridized carbons (Fsp3) is 0.316. The minimum Gasteiger partial charge on any atom is -0.347 e. The summed E-state index contributed by atoms with van der Waals surface area (Å²) in [4.78, 5) is 24.9. The Hall–Kier alpha value is -2.18. The fourth-order valence-corrected chi connectivity index (χ4v) is 4.43. The van der Waals surface area contributed by atoms with Crippen LogP contribution in [0.15, 0.2) is 36.5 Å². The van der Waals surface area contributed by atoms with Crippen LogP contribution in [-0.2, 0) is 4.79 Å². The molecule has 0 saturated carbocycles. The van der Waals surface area contributed by atoms with Crippen molar-refractivity contribution in [1.29, 1.82) is 0 Å². The molecule has 2 aromatic heterocycles. The van der Waals surface area contributed by atoms with Gasteiger partial charge in [0.2, 0.25) is 5.91 Å². The maximum absolute atomic E-state index is 12.8. The number of hydrogen-bond donors (Lipinski definition) is 1. The second-order valence-electron chi connectivity index (χ2n) is 6.56. The van der Waals surface area contributed by atoms with Gasteiger partial charge in [-0.2, -0.15) is 0 Å². The van der Waals surface area contributed by atoms with Crippen molar-refractivity contribution < 1.29 is 4.79 Å². The van der Waals surface area contributed by atoms with Crippen molar-refractivity contribution in [2.75, 3.05) is 23.3 Å². The average molecular weight is 387 g/mol. The summed E-state index contributed by atoms with van der Waals surface area (Å²) in [7, 11) is 0. The summed E-state index contributed by atoms with van der Waals surface area (Å²) in [6, 6.07) is 9.38. The third-order valence-electron chi connectivity index (χ3n) is 4.66. The SMILES string of the molecule is Cc1cc(Cl)ccc1NC(=O)[C@H]1CCCN(c2nc3cccnc3s2)C1. The number of amides is 1. The molecule has 0 radical (unpaired) electrons. The van der Waals surface area contributed by atoms with Gasteiger partial charge in [0.25, 0.3) is 0 Å². The summed E-state index contributed by atoms with van der Waals surface area (Å²) in [6.07, 6.45) is 3.64. The number of halogens is 1. The number of hydrogen-bond acceptors (Lipinski definition) is 5. The minimum atomic E-state index is -0.0567. The number of rotatable bonds is 3. The molecule has 1 saturated heterocycles. The van der Waals surface area contributed by atoms with E-state index in [1.807, 2.05) is 31.2 Å². The van der Waals surface area contributed by atoms with Crippen LogP contribution in [0.1, 0.15) is 18.4 Å². The van der Waals surface area contributed by atoms with Crippen LogP contribution >= 0.6 is 22.9 Å². The highest BCUT2D eigenvalue weighted by atomic mass is 35.5. The highest BCUT2D eigenvalue weighted by Crippen LogP contribution is 2.31. The van der Waals surface area contributed by atoms with Gasteiger partial charge in [-0.1, -0.05) is 22.9 Å². The number of carbonyl (C=O) groups is 1. The van der Waals surface area contributed by atoms with E-state index < -0.39 is 0 Å². The highest BCUT2D eigenvalue weighted by molar-refractivity contribution is 7.21. The van der Waals surface area contributed by atoms with Crippen LogP contribution in [0.2, 0.25) is 5.02 Å². The van der Waals surface area contributed by atoms with E-state index in [0.29, 0.717) is 11.6 Å². The summed E-state index contributed by atoms with van der Waals surface area (Å²) in [6.45, 7) is 3.55. The van der Waals surface area contributed by atoms with Crippen LogP contribution in [-0.4, -0.2) is 29.0 Å². The maximum Gasteiger partial charge on any atom is 0.229 e. The topological polar surface area (TPSA) is 58.1 Å². The molecule has 1 fully saturated rings. The van der Waals surface area contributed by atoms with Gasteiger partial charge in [-0.3, -0.25) is 4.79 Å². The summed E-state index contributed by atoms with van der Waals surface area (Å²) < 4.78 is 0. The zero-order valence-electron chi connectivity index (χ0n) is 14.4. The Morgan fingerprint density at radius 3 is 3.08 bits per heavy atom. The highest BCUT2D eigenvalue weighted by Gasteiger charge is 2.27. The second kappa shape index (κ2) is 7.21. The molecule has 134 valence electrons. The summed E-state index contributed by atoms with van der Waals surface area (Å²) >= 11 is 7.58. The summed E-state index contributed by atoms with van der Waals surface area (Å²) in [5.74, 6) is -0.00171. The van der Waals surface area contributed by atoms with Gasteiger partial charge in [-0.25, -0.2) is 9.97 Å². The smallest absolute Gasteiger partial charge is 0.229 e. The number of anilines is 2. The number of carbonyl (C=O) groups excluding carboxylic acids is 1. The minimum absolute atomic E-state index is 0.0550. The van der Waals surface area contributed by atoms with Crippen LogP contribution < -0.4 is 10.2 Å². The number of aryl methyl sites for hydroxylation is 1. The van der Waals surface area contributed by atoms with Gasteiger partial charge in [-0.15, -0.1) is 0 Å². The largest absolute Gasteiger partial charge is 0.347 e. The van der Waals surface area contributed by atoms with E-state index in [4.69, 9.17) is 11.6 Å². The van der Waals surface area contributed by atoms with Crippen LogP contribution in [0, 0.1) is 12.8 Å². The molecule has 1 aliphatic rings. The van der Waals surface area contributed by atoms with Gasteiger partial charge in [-0.05, 0) is 55.7 Å². The average Bonchev–Trinajstić information content (AvgIpc) is 3.08. The molecule has 1 atom stereocenters. The van der Waals surface area contributed by atoms with E-state index in [1.165, 1.54) is 0 Å². The monoisotopic (exact) mass is 386 g/mol. The van der Waals surface area contributed by atoms with Crippen LogP contribution in [0.4, 0.5) is 10.8 Å². The molecule has 0 aliphatic carbocycles. The zero-order chi connectivity index (χ0) is 18.1. The third kappa shape index (κ3) is 3.52. The molecule has 0 unspecified atom stereocenters. The number of benzene rings is 1. The van der Waals surface area contributed by atoms with Crippen molar-refractivity contribution in [2.45, 2.75) is 19.8 Å². The normalized spacial score (nSPS) is 17.5. The molecule has 26 heavy (non-hydrogen) atoms. The lowest BCUT2D eigenvalue weighted by Gasteiger charge is -2.31. The molecule has 0 spiro atoms. The van der Waals surface area contributed by atoms with Crippen molar-refractivity contribution in [2.24, 2.45) is 5.92 Å². The van der Waals surface area contributed by atoms with Gasteiger partial charge >= 0.3 is 0 Å². The predicted octanol–water partition coefficient (Wildman–Crippen LogP) is 4.51. The maximum atomic E-state index is 12.8. The second-order valence-corrected chi connectivity index (χ2v) is 7.95. The first kappa shape index (κ1) is 17.2. The molecule has 3 aromatic rings. The Balaban J connectivity index is 1.48. The lowest BCUT2D eigenvalue weighted by molar-refractivity contribution is -0.120. The van der Waals surface area contributed by atoms with Gasteiger partial charge in [0, 0.05) is 30.0 Å². The zero-order valence-corrected chi connectivity index (χ0v) is 16.0. The van der Waals surface area contributed by atoms with Crippen molar-refractivity contribution >= 4 is 50.0 Å². The lowest BCUT2D eigenvalue weighted by Crippen LogP contribution is -2.40. The van der Waals surface area contributed by atoms with Crippen LogP contribution in [0.25, 0.3) is 10.3 Å². The van der Waals surface area contributed by atoms with Crippen molar-refractivity contribution in [1.82, 2.24) is 9.97 Å². The van der Waals surface area contributed by atoms with Gasteiger partial charge in [0.15, 0.2) is 5.13 Å². The van der Waals surface area contributed by atoms with Crippen LogP contribution in [0.3, 0.4) is 0 Å². The number of nitrogens with one attached hydrogen (secondary N) is 1. The molecule has 3 heterocycles. The quantitative estimate of drug-likeness (QED) is 0.719. The Bertz CT molecular complexity index is 925. The molecule has 1 aromatic carbocycles. The summed E-state index contributed by atoms with van der Waals surface area (Å²) in [5.41, 5.74) is 2.70. The molecule has 5 nitrogen and oxygen atoms in total. The number of fused-ring (bicyclic) bond motifs is 1. The Morgan fingerprint density at radius 2 is 2.27 bits per heavy atom. The molecule has 1 amide bonds. The van der Waals surface area contributed by atoms with Gasteiger partial charge in [0.1, 0.15) is 10.3 Å². The van der Waals surface area contributed by atoms with Gasteiger partial charge in [0.05, 0.1) is 5.92 Å².